The van der Waals surface area contributed by atoms with E-state index in [1.54, 1.807) is 0 Å². The van der Waals surface area contributed by atoms with E-state index >= 15 is 0 Å². The van der Waals surface area contributed by atoms with Crippen molar-refractivity contribution < 1.29 is 5.48 Å². The zero-order valence-corrected chi connectivity index (χ0v) is 30.2. The average molecular weight is 647 g/mol. The monoisotopic (exact) mass is 647 g/mol. The van der Waals surface area contributed by atoms with Gasteiger partial charge in [-0.15, -0.1) is 0 Å². The Hall–Kier alpha value is 0.183. The predicted octanol–water partition coefficient (Wildman–Crippen LogP) is 0.597. The Bertz CT molecular complexity index is 723. The summed E-state index contributed by atoms with van der Waals surface area (Å²) in [6.07, 6.45) is 25.6. The summed E-state index contributed by atoms with van der Waals surface area (Å²) in [6.45, 7) is 0. The summed E-state index contributed by atoms with van der Waals surface area (Å²) in [5.74, 6) is 5.97. The van der Waals surface area contributed by atoms with Gasteiger partial charge in [-0.1, -0.05) is 51.4 Å². The molecule has 0 amide bonds. The van der Waals surface area contributed by atoms with Crippen molar-refractivity contribution >= 4 is 17.6 Å². The number of hydrogen-bond acceptors (Lipinski definition) is 8. The van der Waals surface area contributed by atoms with Crippen LogP contribution in [0.25, 0.3) is 0 Å². The van der Waals surface area contributed by atoms with E-state index in [0.29, 0.717) is 49.3 Å². The van der Waals surface area contributed by atoms with E-state index in [9.17, 15) is 0 Å². The Morgan fingerprint density at radius 1 is 0.238 bits per heavy atom. The van der Waals surface area contributed by atoms with Crippen LogP contribution in [0.4, 0.5) is 0 Å². The van der Waals surface area contributed by atoms with Gasteiger partial charge in [-0.25, -0.2) is 0 Å². The van der Waals surface area contributed by atoms with Gasteiger partial charge in [-0.05, 0) is 98.7 Å². The van der Waals surface area contributed by atoms with Crippen molar-refractivity contribution in [1.82, 2.24) is 42.5 Å². The number of rotatable bonds is 0. The Morgan fingerprint density at radius 2 is 0.357 bits per heavy atom. The molecule has 10 N–H and O–H groups in total. The standard InChI is InChI=1S/C32H56N8.GeH3.H2O/c1-2-10-18-17(9-1)25-33-26(18)38-28-21-13-5-6-14-22(21)30(35-28)40-32-24-16-8-7-15-23(24)31(36-32)39-29-20-12-4-3-11-19(20)27(34-29)37-25;;/h17-40H,1-16H2;1H3;1H2. The normalized spacial score (nSPS) is 54.9. The van der Waals surface area contributed by atoms with Gasteiger partial charge >= 0.3 is 17.6 Å². The second-order valence-electron chi connectivity index (χ2n) is 15.6. The molecular formula is C32H61GeN8O. The van der Waals surface area contributed by atoms with Gasteiger partial charge in [0.2, 0.25) is 0 Å². The fourth-order valence-electron chi connectivity index (χ4n) is 12.0. The molecule has 10 heteroatoms. The van der Waals surface area contributed by atoms with E-state index in [2.05, 4.69) is 42.5 Å². The molecule has 0 aromatic carbocycles. The maximum absolute atomic E-state index is 4.26. The van der Waals surface area contributed by atoms with Crippen LogP contribution in [-0.4, -0.2) is 72.4 Å². The van der Waals surface area contributed by atoms with E-state index in [-0.39, 0.29) is 23.1 Å². The van der Waals surface area contributed by atoms with Crippen molar-refractivity contribution in [3.8, 4) is 0 Å². The van der Waals surface area contributed by atoms with Gasteiger partial charge < -0.3 is 5.48 Å². The molecule has 5 aliphatic heterocycles. The van der Waals surface area contributed by atoms with Crippen LogP contribution < -0.4 is 42.5 Å². The zero-order valence-electron chi connectivity index (χ0n) is 26.1. The van der Waals surface area contributed by atoms with Crippen LogP contribution in [0.2, 0.25) is 0 Å². The zero-order chi connectivity index (χ0) is 26.2. The van der Waals surface area contributed by atoms with Gasteiger partial charge in [0, 0.05) is 0 Å². The quantitative estimate of drug-likeness (QED) is 0.180. The van der Waals surface area contributed by atoms with Gasteiger partial charge in [0.25, 0.3) is 0 Å². The molecule has 9 rings (SSSR count). The first kappa shape index (κ1) is 30.8. The van der Waals surface area contributed by atoms with E-state index in [0.717, 1.165) is 47.3 Å². The first-order valence-corrected chi connectivity index (χ1v) is 17.9. The number of hydrogen-bond donors (Lipinski definition) is 8. The fourth-order valence-corrected chi connectivity index (χ4v) is 12.0. The molecule has 4 aliphatic carbocycles. The molecule has 4 saturated carbocycles. The molecule has 1 radical (unpaired) electrons. The van der Waals surface area contributed by atoms with Crippen molar-refractivity contribution in [3.63, 3.8) is 0 Å². The molecule has 0 aromatic rings. The minimum atomic E-state index is 0. The Kier molecular flexibility index (Phi) is 9.36. The van der Waals surface area contributed by atoms with Gasteiger partial charge in [0.1, 0.15) is 0 Å². The van der Waals surface area contributed by atoms with Crippen LogP contribution >= 0.6 is 0 Å². The predicted molar refractivity (Wildman–Crippen MR) is 171 cm³/mol. The van der Waals surface area contributed by atoms with Crippen LogP contribution in [0.3, 0.4) is 0 Å². The van der Waals surface area contributed by atoms with Crippen molar-refractivity contribution in [2.45, 2.75) is 152 Å². The number of nitrogens with one attached hydrogen (secondary N) is 8. The second-order valence-corrected chi connectivity index (χ2v) is 15.6. The molecular weight excluding hydrogens is 585 g/mol. The summed E-state index contributed by atoms with van der Waals surface area (Å²) in [7, 11) is 0. The van der Waals surface area contributed by atoms with Gasteiger partial charge in [-0.2, -0.15) is 0 Å². The van der Waals surface area contributed by atoms with Crippen molar-refractivity contribution in [2.75, 3.05) is 0 Å². The molecule has 8 bridgehead atoms. The molecule has 239 valence electrons. The van der Waals surface area contributed by atoms with Gasteiger partial charge in [-0.3, -0.25) is 42.5 Å². The molecule has 42 heavy (non-hydrogen) atoms. The molecule has 0 spiro atoms. The maximum atomic E-state index is 4.26. The Labute approximate surface area is 264 Å². The molecule has 5 heterocycles. The molecule has 8 unspecified atom stereocenters. The van der Waals surface area contributed by atoms with Crippen LogP contribution in [0.1, 0.15) is 103 Å². The van der Waals surface area contributed by atoms with Gasteiger partial charge in [0.05, 0.1) is 49.3 Å². The summed E-state index contributed by atoms with van der Waals surface area (Å²) in [5.41, 5.74) is 0. The Morgan fingerprint density at radius 3 is 0.476 bits per heavy atom. The molecule has 9 fully saturated rings. The van der Waals surface area contributed by atoms with E-state index in [4.69, 9.17) is 0 Å². The average Bonchev–Trinajstić information content (AvgIpc) is 3.73. The third kappa shape index (κ3) is 5.27. The second kappa shape index (κ2) is 12.8. The summed E-state index contributed by atoms with van der Waals surface area (Å²) in [6, 6.07) is 0. The SMILES string of the molecule is C1CCC2C3NC(NC4NC(NC5NC(NC6NC(N3)C3CCCCC63)C3CCCCC53)C3CCCCC43)C2C1.O.[GeH3]. The van der Waals surface area contributed by atoms with Crippen LogP contribution in [0.15, 0.2) is 0 Å². The minimum absolute atomic E-state index is 0. The summed E-state index contributed by atoms with van der Waals surface area (Å²) in [4.78, 5) is 0. The Balaban J connectivity index is 0.00000144. The topological polar surface area (TPSA) is 128 Å². The molecule has 9 nitrogen and oxygen atoms in total. The van der Waals surface area contributed by atoms with Crippen LogP contribution in [0.5, 0.6) is 0 Å². The van der Waals surface area contributed by atoms with Crippen molar-refractivity contribution in [1.29, 1.82) is 0 Å². The van der Waals surface area contributed by atoms with Crippen LogP contribution in [-0.2, 0) is 0 Å². The summed E-state index contributed by atoms with van der Waals surface area (Å²) in [5, 5.41) is 33.8. The first-order valence-electron chi connectivity index (χ1n) is 17.9. The van der Waals surface area contributed by atoms with E-state index in [1.807, 2.05) is 0 Å². The molecule has 9 aliphatic rings. The fraction of sp³-hybridized carbons (Fsp3) is 1.00. The molecule has 8 atom stereocenters. The summed E-state index contributed by atoms with van der Waals surface area (Å²) >= 11 is 0. The number of fused-ring (bicyclic) bond motifs is 20. The van der Waals surface area contributed by atoms with Crippen LogP contribution in [0, 0.1) is 47.3 Å². The first-order chi connectivity index (χ1) is 19.8. The third-order valence-corrected chi connectivity index (χ3v) is 13.8. The van der Waals surface area contributed by atoms with E-state index in [1.165, 1.54) is 103 Å². The van der Waals surface area contributed by atoms with Crippen molar-refractivity contribution in [2.24, 2.45) is 47.3 Å². The third-order valence-electron chi connectivity index (χ3n) is 13.8. The van der Waals surface area contributed by atoms with Gasteiger partial charge in [0.15, 0.2) is 0 Å². The molecule has 5 saturated heterocycles. The molecule has 0 aromatic heterocycles. The van der Waals surface area contributed by atoms with Crippen molar-refractivity contribution in [3.05, 3.63) is 0 Å². The summed E-state index contributed by atoms with van der Waals surface area (Å²) < 4.78 is 0. The van der Waals surface area contributed by atoms with E-state index < -0.39 is 0 Å².